The molecular weight excluding hydrogens is 431 g/mol. The molecule has 0 atom stereocenters. The number of fused-ring (bicyclic) bond motifs is 1. The fraction of sp³-hybridized carbons (Fsp3) is 0.500. The van der Waals surface area contributed by atoms with Gasteiger partial charge >= 0.3 is 0 Å². The van der Waals surface area contributed by atoms with E-state index in [0.717, 1.165) is 86.9 Å². The molecule has 0 aliphatic carbocycles. The van der Waals surface area contributed by atoms with Crippen LogP contribution in [0.4, 0.5) is 10.2 Å². The Hall–Kier alpha value is -3.00. The lowest BCUT2D eigenvalue weighted by Crippen LogP contribution is -2.41. The monoisotopic (exact) mass is 466 g/mol. The van der Waals surface area contributed by atoms with E-state index in [-0.39, 0.29) is 17.6 Å². The van der Waals surface area contributed by atoms with Crippen molar-refractivity contribution in [3.05, 3.63) is 47.9 Å². The number of amides is 1. The Kier molecular flexibility index (Phi) is 7.77. The number of hydrogen-bond donors (Lipinski definition) is 1. The first-order chi connectivity index (χ1) is 16.5. The number of aromatic nitrogens is 3. The van der Waals surface area contributed by atoms with Crippen molar-refractivity contribution in [2.75, 3.05) is 44.2 Å². The number of nitrogens with one attached hydrogen (secondary N) is 1. The average molecular weight is 467 g/mol. The first-order valence-corrected chi connectivity index (χ1v) is 12.4. The van der Waals surface area contributed by atoms with Gasteiger partial charge in [0.1, 0.15) is 11.6 Å². The second-order valence-electron chi connectivity index (χ2n) is 8.99. The normalized spacial score (nSPS) is 14.8. The molecular formula is C26H35FN6O. The highest BCUT2D eigenvalue weighted by molar-refractivity contribution is 5.79. The second kappa shape index (κ2) is 11.0. The predicted octanol–water partition coefficient (Wildman–Crippen LogP) is 3.91. The van der Waals surface area contributed by atoms with Crippen molar-refractivity contribution in [3.63, 3.8) is 0 Å². The Bertz CT molecular complexity index is 1100. The van der Waals surface area contributed by atoms with Crippen molar-refractivity contribution in [1.82, 2.24) is 24.8 Å². The Morgan fingerprint density at radius 1 is 1.15 bits per heavy atom. The zero-order chi connectivity index (χ0) is 24.1. The van der Waals surface area contributed by atoms with E-state index in [1.54, 1.807) is 12.1 Å². The van der Waals surface area contributed by atoms with E-state index in [9.17, 15) is 9.18 Å². The van der Waals surface area contributed by atoms with Crippen molar-refractivity contribution < 1.29 is 9.18 Å². The van der Waals surface area contributed by atoms with E-state index in [0.29, 0.717) is 0 Å². The number of benzene rings is 1. The van der Waals surface area contributed by atoms with Gasteiger partial charge in [-0.2, -0.15) is 9.61 Å². The molecule has 1 aliphatic heterocycles. The molecule has 1 N–H and O–H groups in total. The van der Waals surface area contributed by atoms with E-state index < -0.39 is 0 Å². The number of aryl methyl sites for hydroxylation is 1. The summed E-state index contributed by atoms with van der Waals surface area (Å²) in [5.41, 5.74) is 3.30. The van der Waals surface area contributed by atoms with Crippen LogP contribution < -0.4 is 10.2 Å². The lowest BCUT2D eigenvalue weighted by Gasteiger charge is -2.33. The van der Waals surface area contributed by atoms with Crippen LogP contribution in [0, 0.1) is 18.7 Å². The topological polar surface area (TPSA) is 65.8 Å². The molecule has 1 amide bonds. The lowest BCUT2D eigenvalue weighted by molar-refractivity contribution is -0.125. The molecule has 8 heteroatoms. The van der Waals surface area contributed by atoms with E-state index >= 15 is 0 Å². The number of carbonyl (C=O) groups is 1. The van der Waals surface area contributed by atoms with Crippen LogP contribution in [-0.4, -0.2) is 64.7 Å². The molecule has 0 unspecified atom stereocenters. The molecule has 34 heavy (non-hydrogen) atoms. The number of hydrogen-bond acceptors (Lipinski definition) is 5. The first-order valence-electron chi connectivity index (χ1n) is 12.4. The Labute approximate surface area is 201 Å². The molecule has 1 aromatic carbocycles. The van der Waals surface area contributed by atoms with Crippen LogP contribution >= 0.6 is 0 Å². The highest BCUT2D eigenvalue weighted by Gasteiger charge is 2.26. The summed E-state index contributed by atoms with van der Waals surface area (Å²) in [6, 6.07) is 10.3. The van der Waals surface area contributed by atoms with Gasteiger partial charge in [0, 0.05) is 48.9 Å². The molecule has 3 heterocycles. The number of anilines is 1. The molecule has 0 saturated carbocycles. The summed E-state index contributed by atoms with van der Waals surface area (Å²) in [5, 5.41) is 7.90. The van der Waals surface area contributed by atoms with Crippen LogP contribution in [0.5, 0.6) is 0 Å². The summed E-state index contributed by atoms with van der Waals surface area (Å²) in [7, 11) is 0. The summed E-state index contributed by atoms with van der Waals surface area (Å²) in [6.07, 6.45) is 2.61. The molecule has 4 rings (SSSR count). The molecule has 1 fully saturated rings. The SMILES string of the molecule is CCN(CC)CCCNC(=O)C1CCN(c2cc(C)nc3cc(-c4ccc(F)cc4)nn23)CC1. The van der Waals surface area contributed by atoms with Gasteiger partial charge in [-0.25, -0.2) is 9.37 Å². The third-order valence-electron chi connectivity index (χ3n) is 6.71. The number of carbonyl (C=O) groups excluding carboxylic acids is 1. The first kappa shape index (κ1) is 24.1. The minimum atomic E-state index is -0.266. The van der Waals surface area contributed by atoms with Crippen LogP contribution in [0.1, 0.15) is 38.8 Å². The molecule has 2 aromatic heterocycles. The minimum absolute atomic E-state index is 0.0514. The molecule has 1 aliphatic rings. The molecule has 7 nitrogen and oxygen atoms in total. The minimum Gasteiger partial charge on any atom is -0.356 e. The predicted molar refractivity (Wildman–Crippen MR) is 133 cm³/mol. The van der Waals surface area contributed by atoms with E-state index in [4.69, 9.17) is 5.10 Å². The maximum atomic E-state index is 13.3. The molecule has 3 aromatic rings. The third kappa shape index (κ3) is 5.55. The van der Waals surface area contributed by atoms with Crippen molar-refractivity contribution in [3.8, 4) is 11.3 Å². The summed E-state index contributed by atoms with van der Waals surface area (Å²) in [5.74, 6) is 0.940. The van der Waals surface area contributed by atoms with Crippen LogP contribution in [0.3, 0.4) is 0 Å². The number of piperidine rings is 1. The molecule has 182 valence electrons. The highest BCUT2D eigenvalue weighted by atomic mass is 19.1. The summed E-state index contributed by atoms with van der Waals surface area (Å²) in [4.78, 5) is 22.0. The van der Waals surface area contributed by atoms with E-state index in [1.807, 2.05) is 23.6 Å². The van der Waals surface area contributed by atoms with Crippen LogP contribution in [-0.2, 0) is 4.79 Å². The summed E-state index contributed by atoms with van der Waals surface area (Å²) < 4.78 is 15.2. The second-order valence-corrected chi connectivity index (χ2v) is 8.99. The smallest absolute Gasteiger partial charge is 0.223 e. The zero-order valence-corrected chi connectivity index (χ0v) is 20.4. The molecule has 0 bridgehead atoms. The van der Waals surface area contributed by atoms with Gasteiger partial charge in [0.15, 0.2) is 5.65 Å². The van der Waals surface area contributed by atoms with Crippen molar-refractivity contribution in [2.45, 2.75) is 40.0 Å². The number of rotatable bonds is 9. The van der Waals surface area contributed by atoms with Crippen LogP contribution in [0.15, 0.2) is 36.4 Å². The standard InChI is InChI=1S/C26H35FN6O/c1-4-31(5-2)14-6-13-28-26(34)21-11-15-32(16-12-21)25-17-19(3)29-24-18-23(30-33(24)25)20-7-9-22(27)10-8-20/h7-10,17-18,21H,4-6,11-16H2,1-3H3,(H,28,34). The fourth-order valence-corrected chi connectivity index (χ4v) is 4.64. The summed E-state index contributed by atoms with van der Waals surface area (Å²) >= 11 is 0. The van der Waals surface area contributed by atoms with Gasteiger partial charge in [-0.1, -0.05) is 13.8 Å². The van der Waals surface area contributed by atoms with Crippen LogP contribution in [0.2, 0.25) is 0 Å². The van der Waals surface area contributed by atoms with Gasteiger partial charge in [-0.3, -0.25) is 4.79 Å². The van der Waals surface area contributed by atoms with Crippen molar-refractivity contribution >= 4 is 17.4 Å². The lowest BCUT2D eigenvalue weighted by atomic mass is 9.96. The molecule has 0 radical (unpaired) electrons. The Morgan fingerprint density at radius 2 is 1.85 bits per heavy atom. The largest absolute Gasteiger partial charge is 0.356 e. The average Bonchev–Trinajstić information content (AvgIpc) is 3.28. The third-order valence-corrected chi connectivity index (χ3v) is 6.71. The Morgan fingerprint density at radius 3 is 2.53 bits per heavy atom. The van der Waals surface area contributed by atoms with Crippen molar-refractivity contribution in [2.24, 2.45) is 5.92 Å². The van der Waals surface area contributed by atoms with Crippen LogP contribution in [0.25, 0.3) is 16.9 Å². The van der Waals surface area contributed by atoms with Gasteiger partial charge in [0.25, 0.3) is 0 Å². The van der Waals surface area contributed by atoms with Gasteiger partial charge in [0.2, 0.25) is 5.91 Å². The van der Waals surface area contributed by atoms with E-state index in [2.05, 4.69) is 33.9 Å². The zero-order valence-electron chi connectivity index (χ0n) is 20.4. The van der Waals surface area contributed by atoms with Crippen molar-refractivity contribution in [1.29, 1.82) is 0 Å². The number of halogens is 1. The maximum Gasteiger partial charge on any atom is 0.223 e. The molecule has 0 spiro atoms. The Balaban J connectivity index is 1.39. The summed E-state index contributed by atoms with van der Waals surface area (Å²) in [6.45, 7) is 11.8. The molecule has 1 saturated heterocycles. The van der Waals surface area contributed by atoms with E-state index in [1.165, 1.54) is 12.1 Å². The fourth-order valence-electron chi connectivity index (χ4n) is 4.64. The highest BCUT2D eigenvalue weighted by Crippen LogP contribution is 2.27. The van der Waals surface area contributed by atoms with Gasteiger partial charge in [-0.15, -0.1) is 0 Å². The van der Waals surface area contributed by atoms with Gasteiger partial charge < -0.3 is 15.1 Å². The maximum absolute atomic E-state index is 13.3. The quantitative estimate of drug-likeness (QED) is 0.485. The van der Waals surface area contributed by atoms with Gasteiger partial charge in [0.05, 0.1) is 5.69 Å². The van der Waals surface area contributed by atoms with Gasteiger partial charge in [-0.05, 0) is 70.1 Å². The number of nitrogens with zero attached hydrogens (tertiary/aromatic N) is 5.